The molecule has 1 fully saturated rings. The van der Waals surface area contributed by atoms with Crippen LogP contribution in [0, 0.1) is 0 Å². The van der Waals surface area contributed by atoms with E-state index in [4.69, 9.17) is 5.73 Å². The first kappa shape index (κ1) is 16.3. The van der Waals surface area contributed by atoms with E-state index in [0.717, 1.165) is 31.2 Å². The summed E-state index contributed by atoms with van der Waals surface area (Å²) in [4.78, 5) is 0. The van der Waals surface area contributed by atoms with Gasteiger partial charge in [0, 0.05) is 31.9 Å². The van der Waals surface area contributed by atoms with Crippen LogP contribution in [-0.4, -0.2) is 37.2 Å². The van der Waals surface area contributed by atoms with Crippen LogP contribution in [-0.2, 0) is 10.2 Å². The summed E-state index contributed by atoms with van der Waals surface area (Å²) in [6.45, 7) is 3.14. The van der Waals surface area contributed by atoms with Crippen molar-refractivity contribution >= 4 is 15.9 Å². The van der Waals surface area contributed by atoms with Crippen molar-refractivity contribution < 1.29 is 8.42 Å². The number of nitrogens with zero attached hydrogens (tertiary/aromatic N) is 2. The summed E-state index contributed by atoms with van der Waals surface area (Å²) < 4.78 is 28.6. The minimum absolute atomic E-state index is 0.234. The van der Waals surface area contributed by atoms with Crippen molar-refractivity contribution in [3.05, 3.63) is 29.8 Å². The molecule has 1 unspecified atom stereocenters. The van der Waals surface area contributed by atoms with E-state index in [0.29, 0.717) is 18.8 Å². The predicted octanol–water partition coefficient (Wildman–Crippen LogP) is 2.38. The maximum Gasteiger partial charge on any atom is 0.282 e. The van der Waals surface area contributed by atoms with Gasteiger partial charge in [0.1, 0.15) is 0 Å². The van der Waals surface area contributed by atoms with Crippen LogP contribution in [0.15, 0.2) is 24.3 Å². The van der Waals surface area contributed by atoms with E-state index in [1.54, 1.807) is 17.4 Å². The van der Waals surface area contributed by atoms with Gasteiger partial charge in [-0.1, -0.05) is 25.0 Å². The molecule has 2 N–H and O–H groups in total. The van der Waals surface area contributed by atoms with Gasteiger partial charge in [0.2, 0.25) is 0 Å². The molecule has 1 atom stereocenters. The maximum absolute atomic E-state index is 12.8. The second-order valence-corrected chi connectivity index (χ2v) is 7.67. The zero-order valence-corrected chi connectivity index (χ0v) is 13.6. The highest BCUT2D eigenvalue weighted by atomic mass is 32.2. The number of anilines is 1. The first-order valence-electron chi connectivity index (χ1n) is 7.51. The lowest BCUT2D eigenvalue weighted by Crippen LogP contribution is -2.43. The normalized spacial score (nSPS) is 19.4. The molecule has 1 aliphatic rings. The van der Waals surface area contributed by atoms with Gasteiger partial charge in [0.15, 0.2) is 0 Å². The highest BCUT2D eigenvalue weighted by Gasteiger charge is 2.31. The van der Waals surface area contributed by atoms with Gasteiger partial charge in [-0.25, -0.2) is 0 Å². The van der Waals surface area contributed by atoms with E-state index in [9.17, 15) is 8.42 Å². The lowest BCUT2D eigenvalue weighted by molar-refractivity contribution is 0.332. The Hall–Kier alpha value is -1.11. The number of nitrogen functional groups attached to an aromatic ring is 1. The number of hydrogen-bond acceptors (Lipinski definition) is 3. The van der Waals surface area contributed by atoms with E-state index in [1.807, 2.05) is 25.1 Å². The van der Waals surface area contributed by atoms with Gasteiger partial charge < -0.3 is 5.73 Å². The van der Waals surface area contributed by atoms with Gasteiger partial charge in [-0.3, -0.25) is 0 Å². The highest BCUT2D eigenvalue weighted by Crippen LogP contribution is 2.25. The Morgan fingerprint density at radius 2 is 1.81 bits per heavy atom. The first-order valence-corrected chi connectivity index (χ1v) is 8.91. The number of benzene rings is 1. The average molecular weight is 311 g/mol. The van der Waals surface area contributed by atoms with E-state index in [2.05, 4.69) is 0 Å². The van der Waals surface area contributed by atoms with Crippen LogP contribution < -0.4 is 5.73 Å². The third-order valence-electron chi connectivity index (χ3n) is 4.19. The summed E-state index contributed by atoms with van der Waals surface area (Å²) in [5.41, 5.74) is 7.36. The van der Waals surface area contributed by atoms with Crippen molar-refractivity contribution in [1.29, 1.82) is 0 Å². The summed E-state index contributed by atoms with van der Waals surface area (Å²) in [7, 11) is -1.77. The Labute approximate surface area is 127 Å². The fourth-order valence-corrected chi connectivity index (χ4v) is 4.29. The molecule has 1 aliphatic heterocycles. The zero-order chi connectivity index (χ0) is 15.5. The Bertz CT molecular complexity index is 566. The Kier molecular flexibility index (Phi) is 5.24. The minimum Gasteiger partial charge on any atom is -0.399 e. The van der Waals surface area contributed by atoms with Crippen LogP contribution in [0.1, 0.15) is 44.2 Å². The van der Waals surface area contributed by atoms with Crippen molar-refractivity contribution in [1.82, 2.24) is 8.61 Å². The lowest BCUT2D eigenvalue weighted by Gasteiger charge is -2.30. The van der Waals surface area contributed by atoms with Crippen LogP contribution >= 0.6 is 0 Å². The average Bonchev–Trinajstić information content (AvgIpc) is 2.75. The molecule has 0 spiro atoms. The molecule has 1 aromatic rings. The molecular weight excluding hydrogens is 286 g/mol. The van der Waals surface area contributed by atoms with E-state index < -0.39 is 10.2 Å². The van der Waals surface area contributed by atoms with Crippen molar-refractivity contribution in [3.63, 3.8) is 0 Å². The Morgan fingerprint density at radius 1 is 1.19 bits per heavy atom. The van der Waals surface area contributed by atoms with Gasteiger partial charge >= 0.3 is 0 Å². The van der Waals surface area contributed by atoms with Crippen LogP contribution in [0.5, 0.6) is 0 Å². The molecule has 0 amide bonds. The molecule has 0 aromatic heterocycles. The molecule has 118 valence electrons. The standard InChI is InChI=1S/C15H25N3O2S/c1-13(14-8-7-9-15(16)12-14)17(2)21(19,20)18-10-5-3-4-6-11-18/h7-9,12-13H,3-6,10-11,16H2,1-2H3. The summed E-state index contributed by atoms with van der Waals surface area (Å²) in [5.74, 6) is 0. The van der Waals surface area contributed by atoms with E-state index in [1.165, 1.54) is 4.31 Å². The Balaban J connectivity index is 2.18. The summed E-state index contributed by atoms with van der Waals surface area (Å²) in [5, 5.41) is 0. The van der Waals surface area contributed by atoms with E-state index >= 15 is 0 Å². The number of nitrogens with two attached hydrogens (primary N) is 1. The van der Waals surface area contributed by atoms with Crippen LogP contribution in [0.4, 0.5) is 5.69 Å². The summed E-state index contributed by atoms with van der Waals surface area (Å²) in [6.07, 6.45) is 4.11. The molecule has 0 aliphatic carbocycles. The minimum atomic E-state index is -3.42. The molecule has 6 heteroatoms. The topological polar surface area (TPSA) is 66.6 Å². The zero-order valence-electron chi connectivity index (χ0n) is 12.8. The lowest BCUT2D eigenvalue weighted by atomic mass is 10.1. The van der Waals surface area contributed by atoms with E-state index in [-0.39, 0.29) is 6.04 Å². The molecule has 21 heavy (non-hydrogen) atoms. The molecule has 0 saturated carbocycles. The van der Waals surface area contributed by atoms with Crippen molar-refractivity contribution in [2.45, 2.75) is 38.6 Å². The molecule has 1 saturated heterocycles. The maximum atomic E-state index is 12.8. The number of rotatable bonds is 4. The monoisotopic (exact) mass is 311 g/mol. The second-order valence-electron chi connectivity index (χ2n) is 5.68. The smallest absolute Gasteiger partial charge is 0.282 e. The van der Waals surface area contributed by atoms with Gasteiger partial charge in [-0.15, -0.1) is 0 Å². The molecule has 0 radical (unpaired) electrons. The molecular formula is C15H25N3O2S. The van der Waals surface area contributed by atoms with Crippen LogP contribution in [0.25, 0.3) is 0 Å². The van der Waals surface area contributed by atoms with Crippen LogP contribution in [0.3, 0.4) is 0 Å². The van der Waals surface area contributed by atoms with Gasteiger partial charge in [-0.05, 0) is 37.5 Å². The third kappa shape index (κ3) is 3.75. The molecule has 2 rings (SSSR count). The quantitative estimate of drug-likeness (QED) is 0.868. The molecule has 1 heterocycles. The SMILES string of the molecule is CC(c1cccc(N)c1)N(C)S(=O)(=O)N1CCCCCC1. The fourth-order valence-electron chi connectivity index (χ4n) is 2.68. The largest absolute Gasteiger partial charge is 0.399 e. The molecule has 0 bridgehead atoms. The third-order valence-corrected chi connectivity index (χ3v) is 6.26. The summed E-state index contributed by atoms with van der Waals surface area (Å²) >= 11 is 0. The van der Waals surface area contributed by atoms with Gasteiger partial charge in [-0.2, -0.15) is 17.0 Å². The second kappa shape index (κ2) is 6.77. The van der Waals surface area contributed by atoms with Gasteiger partial charge in [0.05, 0.1) is 0 Å². The summed E-state index contributed by atoms with van der Waals surface area (Å²) in [6, 6.07) is 7.17. The van der Waals surface area contributed by atoms with Crippen molar-refractivity contribution in [2.24, 2.45) is 0 Å². The molecule has 1 aromatic carbocycles. The van der Waals surface area contributed by atoms with Crippen LogP contribution in [0.2, 0.25) is 0 Å². The fraction of sp³-hybridized carbons (Fsp3) is 0.600. The highest BCUT2D eigenvalue weighted by molar-refractivity contribution is 7.86. The molecule has 5 nitrogen and oxygen atoms in total. The number of hydrogen-bond donors (Lipinski definition) is 1. The van der Waals surface area contributed by atoms with Gasteiger partial charge in [0.25, 0.3) is 10.2 Å². The first-order chi connectivity index (χ1) is 9.93. The van der Waals surface area contributed by atoms with Crippen molar-refractivity contribution in [2.75, 3.05) is 25.9 Å². The predicted molar refractivity (Wildman–Crippen MR) is 86.0 cm³/mol. The van der Waals surface area contributed by atoms with Crippen molar-refractivity contribution in [3.8, 4) is 0 Å². The Morgan fingerprint density at radius 3 is 2.38 bits per heavy atom.